The number of hydrogen-bond acceptors (Lipinski definition) is 2. The lowest BCUT2D eigenvalue weighted by Gasteiger charge is -2.38. The summed E-state index contributed by atoms with van der Waals surface area (Å²) in [7, 11) is -1.66. The van der Waals surface area contributed by atoms with Crippen LogP contribution in [0.4, 0.5) is 0 Å². The summed E-state index contributed by atoms with van der Waals surface area (Å²) >= 11 is 0. The van der Waals surface area contributed by atoms with E-state index >= 15 is 0 Å². The molecule has 1 unspecified atom stereocenters. The summed E-state index contributed by atoms with van der Waals surface area (Å²) in [6.07, 6.45) is 4.38. The van der Waals surface area contributed by atoms with Crippen molar-refractivity contribution >= 4 is 8.32 Å². The number of hydrogen-bond donors (Lipinski definition) is 1. The van der Waals surface area contributed by atoms with E-state index in [0.29, 0.717) is 0 Å². The number of aliphatic hydroxyl groups excluding tert-OH is 1. The first kappa shape index (κ1) is 11.9. The van der Waals surface area contributed by atoms with Gasteiger partial charge in [-0.2, -0.15) is 0 Å². The first-order chi connectivity index (χ1) is 6.22. The zero-order valence-corrected chi connectivity index (χ0v) is 10.9. The maximum absolute atomic E-state index is 9.35. The average molecular weight is 214 g/mol. The molecule has 0 spiro atoms. The molecule has 1 aliphatic carbocycles. The smallest absolute Gasteiger partial charge is 0.192 e. The van der Waals surface area contributed by atoms with Crippen molar-refractivity contribution in [3.63, 3.8) is 0 Å². The van der Waals surface area contributed by atoms with Gasteiger partial charge in [-0.25, -0.2) is 0 Å². The van der Waals surface area contributed by atoms with Crippen molar-refractivity contribution in [2.24, 2.45) is 0 Å². The fourth-order valence-electron chi connectivity index (χ4n) is 1.29. The van der Waals surface area contributed by atoms with Crippen molar-refractivity contribution in [2.75, 3.05) is 0 Å². The Labute approximate surface area is 88.1 Å². The van der Waals surface area contributed by atoms with Crippen LogP contribution in [0.3, 0.4) is 0 Å². The fraction of sp³-hybridized carbons (Fsp3) is 0.818. The molecule has 0 aromatic heterocycles. The predicted molar refractivity (Wildman–Crippen MR) is 61.8 cm³/mol. The summed E-state index contributed by atoms with van der Waals surface area (Å²) in [4.78, 5) is 0. The van der Waals surface area contributed by atoms with Crippen LogP contribution in [0.15, 0.2) is 12.2 Å². The van der Waals surface area contributed by atoms with Gasteiger partial charge in [-0.05, 0) is 18.1 Å². The summed E-state index contributed by atoms with van der Waals surface area (Å²) in [5.41, 5.74) is 0. The van der Waals surface area contributed by atoms with E-state index in [2.05, 4.69) is 33.9 Å². The first-order valence-corrected chi connectivity index (χ1v) is 8.17. The molecule has 0 heterocycles. The largest absolute Gasteiger partial charge is 0.410 e. The normalized spacial score (nSPS) is 28.4. The molecule has 1 rings (SSSR count). The van der Waals surface area contributed by atoms with E-state index in [1.54, 1.807) is 0 Å². The van der Waals surface area contributed by atoms with Crippen LogP contribution in [0, 0.1) is 0 Å². The Hall–Kier alpha value is -0.123. The van der Waals surface area contributed by atoms with Crippen LogP contribution < -0.4 is 0 Å². The minimum absolute atomic E-state index is 0.130. The van der Waals surface area contributed by atoms with Crippen LogP contribution in [0.1, 0.15) is 27.2 Å². The number of rotatable bonds is 2. The van der Waals surface area contributed by atoms with Gasteiger partial charge in [-0.3, -0.25) is 0 Å². The Bertz CT molecular complexity index is 228. The Morgan fingerprint density at radius 2 is 1.86 bits per heavy atom. The van der Waals surface area contributed by atoms with E-state index in [-0.39, 0.29) is 17.2 Å². The highest BCUT2D eigenvalue weighted by Crippen LogP contribution is 2.38. The second-order valence-corrected chi connectivity index (χ2v) is 10.4. The highest BCUT2D eigenvalue weighted by molar-refractivity contribution is 6.74. The van der Waals surface area contributed by atoms with Gasteiger partial charge in [-0.1, -0.05) is 32.9 Å². The molecular weight excluding hydrogens is 192 g/mol. The van der Waals surface area contributed by atoms with Crippen molar-refractivity contribution in [1.29, 1.82) is 0 Å². The lowest BCUT2D eigenvalue weighted by molar-refractivity contribution is 0.155. The van der Waals surface area contributed by atoms with Crippen LogP contribution in [-0.2, 0) is 4.43 Å². The van der Waals surface area contributed by atoms with Gasteiger partial charge in [0.25, 0.3) is 0 Å². The molecule has 0 saturated heterocycles. The van der Waals surface area contributed by atoms with E-state index in [9.17, 15) is 5.11 Å². The molecule has 82 valence electrons. The fourth-order valence-corrected chi connectivity index (χ4v) is 2.58. The molecule has 0 amide bonds. The van der Waals surface area contributed by atoms with Crippen LogP contribution >= 0.6 is 0 Å². The van der Waals surface area contributed by atoms with Gasteiger partial charge in [0.15, 0.2) is 8.32 Å². The van der Waals surface area contributed by atoms with Gasteiger partial charge < -0.3 is 9.53 Å². The molecular formula is C11H22O2Si. The molecule has 0 aromatic carbocycles. The summed E-state index contributed by atoms with van der Waals surface area (Å²) in [5, 5.41) is 9.59. The van der Waals surface area contributed by atoms with E-state index in [0.717, 1.165) is 6.42 Å². The van der Waals surface area contributed by atoms with Crippen LogP contribution in [0.5, 0.6) is 0 Å². The van der Waals surface area contributed by atoms with E-state index < -0.39 is 8.32 Å². The zero-order valence-electron chi connectivity index (χ0n) is 9.87. The van der Waals surface area contributed by atoms with Crippen LogP contribution in [0.2, 0.25) is 18.1 Å². The molecule has 0 saturated carbocycles. The predicted octanol–water partition coefficient (Wildman–Crippen LogP) is 2.70. The Morgan fingerprint density at radius 1 is 1.29 bits per heavy atom. The Balaban J connectivity index is 2.56. The van der Waals surface area contributed by atoms with Crippen molar-refractivity contribution < 1.29 is 9.53 Å². The van der Waals surface area contributed by atoms with E-state index in [4.69, 9.17) is 4.43 Å². The van der Waals surface area contributed by atoms with Crippen molar-refractivity contribution in [3.8, 4) is 0 Å². The Kier molecular flexibility index (Phi) is 3.24. The number of aliphatic hydroxyl groups is 1. The van der Waals surface area contributed by atoms with Crippen molar-refractivity contribution in [1.82, 2.24) is 0 Å². The molecule has 2 nitrogen and oxygen atoms in total. The third-order valence-electron chi connectivity index (χ3n) is 3.27. The molecule has 1 aliphatic rings. The third-order valence-corrected chi connectivity index (χ3v) is 7.78. The lowest BCUT2D eigenvalue weighted by atomic mass is 10.2. The molecule has 0 aromatic rings. The Morgan fingerprint density at radius 3 is 2.21 bits per heavy atom. The molecule has 0 fully saturated rings. The molecule has 14 heavy (non-hydrogen) atoms. The highest BCUT2D eigenvalue weighted by Gasteiger charge is 2.39. The van der Waals surface area contributed by atoms with Crippen molar-refractivity contribution in [2.45, 2.75) is 57.5 Å². The van der Waals surface area contributed by atoms with Crippen LogP contribution in [-0.4, -0.2) is 25.6 Å². The van der Waals surface area contributed by atoms with Gasteiger partial charge in [0.2, 0.25) is 0 Å². The van der Waals surface area contributed by atoms with E-state index in [1.807, 2.05) is 12.2 Å². The SMILES string of the molecule is CC(C)(C)[Si](C)(C)OC1C=C[C@@H](O)C1. The summed E-state index contributed by atoms with van der Waals surface area (Å²) < 4.78 is 6.13. The van der Waals surface area contributed by atoms with E-state index in [1.165, 1.54) is 0 Å². The van der Waals surface area contributed by atoms with Gasteiger partial charge in [-0.15, -0.1) is 0 Å². The minimum Gasteiger partial charge on any atom is -0.410 e. The molecule has 0 aliphatic heterocycles. The summed E-state index contributed by atoms with van der Waals surface area (Å²) in [5.74, 6) is 0. The topological polar surface area (TPSA) is 29.5 Å². The quantitative estimate of drug-likeness (QED) is 0.566. The average Bonchev–Trinajstić information content (AvgIpc) is 2.31. The molecule has 0 radical (unpaired) electrons. The summed E-state index contributed by atoms with van der Waals surface area (Å²) in [6.45, 7) is 11.2. The zero-order chi connectivity index (χ0) is 11.0. The standard InChI is InChI=1S/C11H22O2Si/c1-11(2,3)14(4,5)13-10-7-6-9(12)8-10/h6-7,9-10,12H,8H2,1-5H3/t9-,10?/m1/s1. The summed E-state index contributed by atoms with van der Waals surface area (Å²) in [6, 6.07) is 0. The van der Waals surface area contributed by atoms with Gasteiger partial charge in [0, 0.05) is 6.42 Å². The molecule has 2 atom stereocenters. The van der Waals surface area contributed by atoms with Gasteiger partial charge in [0.05, 0.1) is 12.2 Å². The minimum atomic E-state index is -1.66. The second-order valence-electron chi connectivity index (χ2n) is 5.60. The van der Waals surface area contributed by atoms with Crippen LogP contribution in [0.25, 0.3) is 0 Å². The molecule has 0 bridgehead atoms. The maximum atomic E-state index is 9.35. The third kappa shape index (κ3) is 2.68. The first-order valence-electron chi connectivity index (χ1n) is 5.26. The molecule has 3 heteroatoms. The lowest BCUT2D eigenvalue weighted by Crippen LogP contribution is -2.43. The maximum Gasteiger partial charge on any atom is 0.192 e. The van der Waals surface area contributed by atoms with Crippen molar-refractivity contribution in [3.05, 3.63) is 12.2 Å². The van der Waals surface area contributed by atoms with Gasteiger partial charge >= 0.3 is 0 Å². The highest BCUT2D eigenvalue weighted by atomic mass is 28.4. The molecule has 1 N–H and O–H groups in total. The second kappa shape index (κ2) is 3.80. The monoisotopic (exact) mass is 214 g/mol. The van der Waals surface area contributed by atoms with Gasteiger partial charge in [0.1, 0.15) is 0 Å².